The zero-order chi connectivity index (χ0) is 35.7. The van der Waals surface area contributed by atoms with E-state index in [2.05, 4.69) is 122 Å². The molecule has 50 heavy (non-hydrogen) atoms. The van der Waals surface area contributed by atoms with Crippen molar-refractivity contribution in [3.05, 3.63) is 155 Å². The van der Waals surface area contributed by atoms with Crippen LogP contribution in [0.1, 0.15) is 108 Å². The Morgan fingerprint density at radius 2 is 1.52 bits per heavy atom. The lowest BCUT2D eigenvalue weighted by Crippen LogP contribution is -2.30. The molecule has 2 N–H and O–H groups in total. The van der Waals surface area contributed by atoms with Gasteiger partial charge in [-0.1, -0.05) is 122 Å². The van der Waals surface area contributed by atoms with E-state index in [0.717, 1.165) is 46.9 Å². The van der Waals surface area contributed by atoms with Crippen LogP contribution in [-0.4, -0.2) is 11.2 Å². The van der Waals surface area contributed by atoms with Crippen molar-refractivity contribution in [1.82, 2.24) is 4.98 Å². The minimum Gasteiger partial charge on any atom is -0.457 e. The maximum absolute atomic E-state index is 6.61. The Bertz CT molecular complexity index is 2040. The Hall–Kier alpha value is -4.96. The number of nitrogens with two attached hydrogens (primary N) is 1. The molecule has 0 saturated heterocycles. The molecule has 256 valence electrons. The van der Waals surface area contributed by atoms with Crippen molar-refractivity contribution in [2.24, 2.45) is 16.1 Å². The highest BCUT2D eigenvalue weighted by Crippen LogP contribution is 2.57. The third-order valence-corrected chi connectivity index (χ3v) is 10.1. The van der Waals surface area contributed by atoms with Gasteiger partial charge in [0, 0.05) is 18.5 Å². The Morgan fingerprint density at radius 1 is 0.820 bits per heavy atom. The second kappa shape index (κ2) is 13.7. The highest BCUT2D eigenvalue weighted by atomic mass is 16.5. The maximum Gasteiger partial charge on any atom is 0.129 e. The second-order valence-electron chi connectivity index (χ2n) is 15.7. The van der Waals surface area contributed by atoms with Gasteiger partial charge in [0.25, 0.3) is 0 Å². The fourth-order valence-corrected chi connectivity index (χ4v) is 7.22. The highest BCUT2D eigenvalue weighted by molar-refractivity contribution is 5.87. The van der Waals surface area contributed by atoms with Gasteiger partial charge in [-0.25, -0.2) is 0 Å². The van der Waals surface area contributed by atoms with Crippen LogP contribution >= 0.6 is 0 Å². The molecule has 5 aromatic rings. The van der Waals surface area contributed by atoms with E-state index in [0.29, 0.717) is 5.92 Å². The summed E-state index contributed by atoms with van der Waals surface area (Å²) in [7, 11) is 0. The van der Waals surface area contributed by atoms with Gasteiger partial charge in [0.1, 0.15) is 11.5 Å². The number of fused-ring (bicyclic) bond motifs is 3. The average molecular weight is 662 g/mol. The van der Waals surface area contributed by atoms with E-state index in [4.69, 9.17) is 20.4 Å². The number of hydrogen-bond donors (Lipinski definition) is 1. The van der Waals surface area contributed by atoms with E-state index >= 15 is 0 Å². The molecule has 0 saturated carbocycles. The first-order valence-corrected chi connectivity index (χ1v) is 17.9. The van der Waals surface area contributed by atoms with Gasteiger partial charge in [0.2, 0.25) is 0 Å². The summed E-state index contributed by atoms with van der Waals surface area (Å²) >= 11 is 0. The van der Waals surface area contributed by atoms with Gasteiger partial charge in [-0.2, -0.15) is 0 Å². The van der Waals surface area contributed by atoms with E-state index < -0.39 is 5.41 Å². The summed E-state index contributed by atoms with van der Waals surface area (Å²) in [6, 6.07) is 36.9. The van der Waals surface area contributed by atoms with E-state index in [1.54, 1.807) is 6.20 Å². The van der Waals surface area contributed by atoms with Gasteiger partial charge in [-0.15, -0.1) is 0 Å². The SMILES string of the molecule is CCCC(C)c1ccc2c(c1)C(c1cccc(Oc3cccc(N=CC(=CN)C(C)(C)C)c3)c1)(c1ccccn1)c1cc(C(C)(C)C)ccc1-2. The number of aromatic nitrogens is 1. The first kappa shape index (κ1) is 34.9. The van der Waals surface area contributed by atoms with Crippen molar-refractivity contribution < 1.29 is 4.74 Å². The molecule has 0 radical (unpaired) electrons. The molecule has 6 rings (SSSR count). The Labute approximate surface area is 299 Å². The number of allylic oxidation sites excluding steroid dienone is 1. The molecule has 0 aliphatic heterocycles. The summed E-state index contributed by atoms with van der Waals surface area (Å²) in [4.78, 5) is 9.85. The Balaban J connectivity index is 1.52. The summed E-state index contributed by atoms with van der Waals surface area (Å²) in [5.74, 6) is 1.93. The van der Waals surface area contributed by atoms with Crippen LogP contribution in [0, 0.1) is 5.41 Å². The van der Waals surface area contributed by atoms with E-state index in [1.807, 2.05) is 48.8 Å². The van der Waals surface area contributed by atoms with Crippen LogP contribution in [0.3, 0.4) is 0 Å². The molecule has 0 spiro atoms. The number of nitrogens with zero attached hydrogens (tertiary/aromatic N) is 2. The standard InChI is InChI=1S/C46H51N3O/c1-9-14-31(2)32-20-22-39-40-23-21-33(44(3,4)5)27-42(40)46(41(39)25-32,43-19-10-11-24-48-43)34-15-12-17-37(26-34)50-38-18-13-16-36(28-38)49-30-35(29-47)45(6,7)8/h10-13,15-31H,9,14,47H2,1-8H3. The minimum atomic E-state index is -0.640. The van der Waals surface area contributed by atoms with E-state index in [1.165, 1.54) is 33.4 Å². The van der Waals surface area contributed by atoms with Crippen molar-refractivity contribution in [3.63, 3.8) is 0 Å². The largest absolute Gasteiger partial charge is 0.457 e. The summed E-state index contributed by atoms with van der Waals surface area (Å²) < 4.78 is 6.61. The fraction of sp³-hybridized carbons (Fsp3) is 0.304. The lowest BCUT2D eigenvalue weighted by atomic mass is 9.68. The summed E-state index contributed by atoms with van der Waals surface area (Å²) in [6.45, 7) is 17.8. The van der Waals surface area contributed by atoms with Crippen molar-refractivity contribution in [2.45, 2.75) is 85.0 Å². The molecule has 0 amide bonds. The third-order valence-electron chi connectivity index (χ3n) is 10.1. The molecule has 2 atom stereocenters. The van der Waals surface area contributed by atoms with Crippen molar-refractivity contribution in [1.29, 1.82) is 0 Å². The fourth-order valence-electron chi connectivity index (χ4n) is 7.22. The lowest BCUT2D eigenvalue weighted by molar-refractivity contribution is 0.481. The van der Waals surface area contributed by atoms with Crippen molar-refractivity contribution in [2.75, 3.05) is 0 Å². The zero-order valence-electron chi connectivity index (χ0n) is 30.9. The highest BCUT2D eigenvalue weighted by Gasteiger charge is 2.48. The molecular formula is C46H51N3O. The van der Waals surface area contributed by atoms with Gasteiger partial charge >= 0.3 is 0 Å². The normalized spacial score (nSPS) is 16.7. The van der Waals surface area contributed by atoms with Crippen molar-refractivity contribution in [3.8, 4) is 22.6 Å². The predicted octanol–water partition coefficient (Wildman–Crippen LogP) is 12.0. The second-order valence-corrected chi connectivity index (χ2v) is 15.7. The van der Waals surface area contributed by atoms with Crippen LogP contribution in [0.2, 0.25) is 0 Å². The average Bonchev–Trinajstić information content (AvgIpc) is 3.38. The molecule has 1 aliphatic rings. The molecule has 2 unspecified atom stereocenters. The molecule has 1 aliphatic carbocycles. The number of benzene rings is 4. The lowest BCUT2D eigenvalue weighted by Gasteiger charge is -2.34. The van der Waals surface area contributed by atoms with Crippen LogP contribution in [0.5, 0.6) is 11.5 Å². The summed E-state index contributed by atoms with van der Waals surface area (Å²) in [5, 5.41) is 0. The van der Waals surface area contributed by atoms with Crippen LogP contribution in [0.4, 0.5) is 5.69 Å². The van der Waals surface area contributed by atoms with Gasteiger partial charge < -0.3 is 10.5 Å². The zero-order valence-corrected chi connectivity index (χ0v) is 30.9. The molecular weight excluding hydrogens is 611 g/mol. The smallest absolute Gasteiger partial charge is 0.129 e. The molecule has 4 aromatic carbocycles. The topological polar surface area (TPSA) is 60.5 Å². The number of ether oxygens (including phenoxy) is 1. The van der Waals surface area contributed by atoms with Crippen LogP contribution < -0.4 is 10.5 Å². The first-order chi connectivity index (χ1) is 23.9. The van der Waals surface area contributed by atoms with Gasteiger partial charge in [-0.3, -0.25) is 9.98 Å². The molecule has 1 aromatic heterocycles. The summed E-state index contributed by atoms with van der Waals surface area (Å²) in [6.07, 6.45) is 7.68. The Kier molecular flexibility index (Phi) is 9.59. The predicted molar refractivity (Wildman–Crippen MR) is 210 cm³/mol. The van der Waals surface area contributed by atoms with Crippen LogP contribution in [0.25, 0.3) is 11.1 Å². The number of rotatable bonds is 9. The van der Waals surface area contributed by atoms with Gasteiger partial charge in [-0.05, 0) is 110 Å². The Morgan fingerprint density at radius 3 is 2.18 bits per heavy atom. The van der Waals surface area contributed by atoms with Gasteiger partial charge in [0.05, 0.1) is 16.8 Å². The van der Waals surface area contributed by atoms with Gasteiger partial charge in [0.15, 0.2) is 0 Å². The minimum absolute atomic E-state index is 0.0213. The monoisotopic (exact) mass is 661 g/mol. The van der Waals surface area contributed by atoms with Crippen molar-refractivity contribution >= 4 is 11.9 Å². The number of pyridine rings is 1. The summed E-state index contributed by atoms with van der Waals surface area (Å²) in [5.41, 5.74) is 16.8. The quantitative estimate of drug-likeness (QED) is 0.157. The molecule has 4 heteroatoms. The maximum atomic E-state index is 6.61. The number of hydrogen-bond acceptors (Lipinski definition) is 4. The molecule has 0 bridgehead atoms. The number of aliphatic imine (C=N–C) groups is 1. The molecule has 0 fully saturated rings. The van der Waals surface area contributed by atoms with Crippen LogP contribution in [-0.2, 0) is 10.8 Å². The van der Waals surface area contributed by atoms with E-state index in [-0.39, 0.29) is 10.8 Å². The van der Waals surface area contributed by atoms with E-state index in [9.17, 15) is 0 Å². The third kappa shape index (κ3) is 6.64. The molecule has 4 nitrogen and oxygen atoms in total. The van der Waals surface area contributed by atoms with Crippen LogP contribution in [0.15, 0.2) is 126 Å². The first-order valence-electron chi connectivity index (χ1n) is 17.9. The molecule has 1 heterocycles.